The van der Waals surface area contributed by atoms with Crippen LogP contribution in [-0.2, 0) is 11.3 Å². The molecule has 1 fully saturated rings. The van der Waals surface area contributed by atoms with Gasteiger partial charge in [-0.3, -0.25) is 9.69 Å². The van der Waals surface area contributed by atoms with Gasteiger partial charge in [0.05, 0.1) is 11.7 Å². The van der Waals surface area contributed by atoms with Crippen molar-refractivity contribution in [1.29, 1.82) is 0 Å². The molecule has 0 saturated carbocycles. The first-order chi connectivity index (χ1) is 10.3. The molecular formula is C13H17F3N4O2. The standard InChI is InChI=1S/C13H17F3N4O2/c1-9-12(21)17-5-2-6-20(9)7-10-3-4-11(19-18-10)22-8-13(14,15)16/h3-4,9H,2,5-8H2,1H3,(H,17,21)/t9-/m0/s1. The van der Waals surface area contributed by atoms with E-state index in [1.54, 1.807) is 13.0 Å². The Morgan fingerprint density at radius 3 is 2.82 bits per heavy atom. The Hall–Kier alpha value is -1.90. The van der Waals surface area contributed by atoms with Crippen LogP contribution >= 0.6 is 0 Å². The highest BCUT2D eigenvalue weighted by Gasteiger charge is 2.29. The van der Waals surface area contributed by atoms with E-state index < -0.39 is 12.8 Å². The molecule has 1 saturated heterocycles. The van der Waals surface area contributed by atoms with Gasteiger partial charge >= 0.3 is 6.18 Å². The fourth-order valence-electron chi connectivity index (χ4n) is 2.09. The molecule has 1 amide bonds. The van der Waals surface area contributed by atoms with E-state index in [9.17, 15) is 18.0 Å². The number of hydrogen-bond acceptors (Lipinski definition) is 5. The van der Waals surface area contributed by atoms with Crippen LogP contribution in [0.25, 0.3) is 0 Å². The van der Waals surface area contributed by atoms with Gasteiger partial charge in [-0.15, -0.1) is 5.10 Å². The van der Waals surface area contributed by atoms with Gasteiger partial charge in [0.25, 0.3) is 0 Å². The first-order valence-electron chi connectivity index (χ1n) is 6.89. The molecule has 0 spiro atoms. The maximum Gasteiger partial charge on any atom is 0.422 e. The van der Waals surface area contributed by atoms with Crippen LogP contribution in [0.2, 0.25) is 0 Å². The minimum atomic E-state index is -4.41. The van der Waals surface area contributed by atoms with E-state index in [-0.39, 0.29) is 17.8 Å². The minimum absolute atomic E-state index is 0.0458. The molecule has 1 aromatic heterocycles. The molecule has 1 N–H and O–H groups in total. The van der Waals surface area contributed by atoms with Crippen molar-refractivity contribution in [3.05, 3.63) is 17.8 Å². The monoisotopic (exact) mass is 318 g/mol. The number of hydrogen-bond donors (Lipinski definition) is 1. The maximum absolute atomic E-state index is 12.0. The van der Waals surface area contributed by atoms with Crippen molar-refractivity contribution < 1.29 is 22.7 Å². The van der Waals surface area contributed by atoms with Crippen LogP contribution < -0.4 is 10.1 Å². The Bertz CT molecular complexity index is 507. The average molecular weight is 318 g/mol. The molecule has 122 valence electrons. The quantitative estimate of drug-likeness (QED) is 0.901. The highest BCUT2D eigenvalue weighted by Crippen LogP contribution is 2.17. The summed E-state index contributed by atoms with van der Waals surface area (Å²) < 4.78 is 40.6. The molecule has 0 bridgehead atoms. The van der Waals surface area contributed by atoms with Gasteiger partial charge in [0.2, 0.25) is 11.8 Å². The number of ether oxygens (including phenoxy) is 1. The molecule has 6 nitrogen and oxygen atoms in total. The summed E-state index contributed by atoms with van der Waals surface area (Å²) in [6.45, 7) is 2.17. The van der Waals surface area contributed by atoms with Crippen LogP contribution in [-0.4, -0.2) is 52.9 Å². The van der Waals surface area contributed by atoms with Crippen LogP contribution in [0.4, 0.5) is 13.2 Å². The third-order valence-electron chi connectivity index (χ3n) is 3.29. The van der Waals surface area contributed by atoms with Crippen LogP contribution in [0.3, 0.4) is 0 Å². The number of rotatable bonds is 4. The lowest BCUT2D eigenvalue weighted by atomic mass is 10.2. The van der Waals surface area contributed by atoms with Gasteiger partial charge < -0.3 is 10.1 Å². The zero-order chi connectivity index (χ0) is 16.2. The molecule has 0 unspecified atom stereocenters. The van der Waals surface area contributed by atoms with Crippen LogP contribution in [0.5, 0.6) is 5.88 Å². The second kappa shape index (κ2) is 6.91. The van der Waals surface area contributed by atoms with Crippen molar-refractivity contribution in [3.63, 3.8) is 0 Å². The topological polar surface area (TPSA) is 67.4 Å². The molecule has 0 aromatic carbocycles. The summed E-state index contributed by atoms with van der Waals surface area (Å²) in [5.74, 6) is -0.224. The third-order valence-corrected chi connectivity index (χ3v) is 3.29. The Morgan fingerprint density at radius 2 is 2.18 bits per heavy atom. The summed E-state index contributed by atoms with van der Waals surface area (Å²) in [4.78, 5) is 13.7. The predicted molar refractivity (Wildman–Crippen MR) is 71.1 cm³/mol. The van der Waals surface area contributed by atoms with Gasteiger partial charge in [-0.1, -0.05) is 0 Å². The number of alkyl halides is 3. The molecule has 0 radical (unpaired) electrons. The normalized spacial score (nSPS) is 20.4. The van der Waals surface area contributed by atoms with Gasteiger partial charge in [-0.05, 0) is 19.4 Å². The van der Waals surface area contributed by atoms with E-state index in [0.717, 1.165) is 13.0 Å². The van der Waals surface area contributed by atoms with Crippen molar-refractivity contribution in [3.8, 4) is 5.88 Å². The molecular weight excluding hydrogens is 301 g/mol. The lowest BCUT2D eigenvalue weighted by Gasteiger charge is -2.24. The molecule has 0 aliphatic carbocycles. The molecule has 22 heavy (non-hydrogen) atoms. The fraction of sp³-hybridized carbons (Fsp3) is 0.615. The van der Waals surface area contributed by atoms with Crippen LogP contribution in [0, 0.1) is 0 Å². The van der Waals surface area contributed by atoms with Gasteiger partial charge in [-0.2, -0.15) is 18.3 Å². The minimum Gasteiger partial charge on any atom is -0.467 e. The molecule has 2 rings (SSSR count). The zero-order valence-corrected chi connectivity index (χ0v) is 12.1. The maximum atomic E-state index is 12.0. The Labute approximate surface area is 125 Å². The number of nitrogens with zero attached hydrogens (tertiary/aromatic N) is 3. The van der Waals surface area contributed by atoms with Crippen LogP contribution in [0.15, 0.2) is 12.1 Å². The third kappa shape index (κ3) is 4.83. The summed E-state index contributed by atoms with van der Waals surface area (Å²) >= 11 is 0. The second-order valence-electron chi connectivity index (χ2n) is 5.06. The molecule has 1 aromatic rings. The summed E-state index contributed by atoms with van der Waals surface area (Å²) in [7, 11) is 0. The van der Waals surface area contributed by atoms with Crippen molar-refractivity contribution in [2.75, 3.05) is 19.7 Å². The van der Waals surface area contributed by atoms with E-state index in [0.29, 0.717) is 18.8 Å². The number of aromatic nitrogens is 2. The lowest BCUT2D eigenvalue weighted by molar-refractivity contribution is -0.154. The average Bonchev–Trinajstić information content (AvgIpc) is 2.61. The fourth-order valence-corrected chi connectivity index (χ4v) is 2.09. The molecule has 2 heterocycles. The first kappa shape index (κ1) is 16.5. The number of nitrogens with one attached hydrogen (secondary N) is 1. The Balaban J connectivity index is 1.94. The van der Waals surface area contributed by atoms with E-state index in [1.165, 1.54) is 6.07 Å². The van der Waals surface area contributed by atoms with Crippen LogP contribution in [0.1, 0.15) is 19.0 Å². The predicted octanol–water partition coefficient (Wildman–Crippen LogP) is 1.13. The largest absolute Gasteiger partial charge is 0.467 e. The Kier molecular flexibility index (Phi) is 5.17. The van der Waals surface area contributed by atoms with E-state index in [4.69, 9.17) is 0 Å². The van der Waals surface area contributed by atoms with E-state index >= 15 is 0 Å². The summed E-state index contributed by atoms with van der Waals surface area (Å²) in [5.41, 5.74) is 0.570. The number of halogens is 3. The van der Waals surface area contributed by atoms with E-state index in [2.05, 4.69) is 20.3 Å². The van der Waals surface area contributed by atoms with E-state index in [1.807, 2.05) is 4.90 Å². The number of amides is 1. The van der Waals surface area contributed by atoms with Crippen molar-refractivity contribution >= 4 is 5.91 Å². The molecule has 1 atom stereocenters. The van der Waals surface area contributed by atoms with Gasteiger partial charge in [0.15, 0.2) is 6.61 Å². The number of carbonyl (C=O) groups excluding carboxylic acids is 1. The van der Waals surface area contributed by atoms with Crippen molar-refractivity contribution in [2.24, 2.45) is 0 Å². The molecule has 9 heteroatoms. The first-order valence-corrected chi connectivity index (χ1v) is 6.89. The van der Waals surface area contributed by atoms with Crippen molar-refractivity contribution in [2.45, 2.75) is 32.1 Å². The smallest absolute Gasteiger partial charge is 0.422 e. The zero-order valence-electron chi connectivity index (χ0n) is 12.1. The lowest BCUT2D eigenvalue weighted by Crippen LogP contribution is -2.41. The highest BCUT2D eigenvalue weighted by atomic mass is 19.4. The molecule has 1 aliphatic heterocycles. The molecule has 1 aliphatic rings. The summed E-state index contributed by atoms with van der Waals surface area (Å²) in [6, 6.07) is 2.61. The summed E-state index contributed by atoms with van der Waals surface area (Å²) in [6.07, 6.45) is -3.58. The summed E-state index contributed by atoms with van der Waals surface area (Å²) in [5, 5.41) is 10.3. The van der Waals surface area contributed by atoms with Gasteiger partial charge in [0, 0.05) is 25.7 Å². The van der Waals surface area contributed by atoms with Gasteiger partial charge in [0.1, 0.15) is 0 Å². The highest BCUT2D eigenvalue weighted by molar-refractivity contribution is 5.81. The van der Waals surface area contributed by atoms with Crippen molar-refractivity contribution in [1.82, 2.24) is 20.4 Å². The number of carbonyl (C=O) groups is 1. The van der Waals surface area contributed by atoms with Gasteiger partial charge in [-0.25, -0.2) is 0 Å². The second-order valence-corrected chi connectivity index (χ2v) is 5.06. The SMILES string of the molecule is C[C@H]1C(=O)NCCCN1Cc1ccc(OCC(F)(F)F)nn1. The Morgan fingerprint density at radius 1 is 1.41 bits per heavy atom.